The Bertz CT molecular complexity index is 1450. The normalized spacial score (nSPS) is 16.5. The number of carboxylic acid groups (broad SMARTS) is 1. The maximum Gasteiger partial charge on any atom is 0.300 e. The van der Waals surface area contributed by atoms with Crippen LogP contribution in [0.3, 0.4) is 0 Å². The smallest absolute Gasteiger partial charge is 0.300 e. The fraction of sp³-hybridized carbons (Fsp3) is 0.406. The average molecular weight is 628 g/mol. The molecule has 0 unspecified atom stereocenters. The molecule has 2 saturated heterocycles. The molecule has 0 aromatic heterocycles. The summed E-state index contributed by atoms with van der Waals surface area (Å²) in [5, 5.41) is 19.8. The highest BCUT2D eigenvalue weighted by Crippen LogP contribution is 2.31. The first kappa shape index (κ1) is 32.1. The molecule has 10 heteroatoms. The first-order valence-corrected chi connectivity index (χ1v) is 15.9. The van der Waals surface area contributed by atoms with E-state index in [-0.39, 0.29) is 11.8 Å². The van der Waals surface area contributed by atoms with E-state index in [0.717, 1.165) is 49.3 Å². The van der Waals surface area contributed by atoms with Gasteiger partial charge in [-0.1, -0.05) is 53.5 Å². The molecule has 3 aromatic carbocycles. The number of amides is 1. The predicted octanol–water partition coefficient (Wildman–Crippen LogP) is 6.09. The van der Waals surface area contributed by atoms with Gasteiger partial charge in [-0.2, -0.15) is 17.0 Å². The van der Waals surface area contributed by atoms with E-state index >= 15 is 0 Å². The Balaban J connectivity index is 0.000000952. The van der Waals surface area contributed by atoms with Crippen molar-refractivity contribution in [2.75, 3.05) is 57.8 Å². The average Bonchev–Trinajstić information content (AvgIpc) is 2.96. The van der Waals surface area contributed by atoms with Crippen molar-refractivity contribution in [3.05, 3.63) is 81.3 Å². The van der Waals surface area contributed by atoms with Crippen molar-refractivity contribution >= 4 is 57.6 Å². The Kier molecular flexibility index (Phi) is 11.5. The maximum atomic E-state index is 13.7. The number of rotatable bonds is 8. The first-order valence-electron chi connectivity index (χ1n) is 14.0. The van der Waals surface area contributed by atoms with Gasteiger partial charge in [-0.05, 0) is 53.6 Å². The monoisotopic (exact) mass is 626 g/mol. The van der Waals surface area contributed by atoms with Crippen molar-refractivity contribution in [3.63, 3.8) is 0 Å². The Morgan fingerprint density at radius 2 is 1.79 bits per heavy atom. The number of likely N-dealkylation sites (tertiary alicyclic amines) is 1. The summed E-state index contributed by atoms with van der Waals surface area (Å²) in [5.74, 6) is 1.66. The molecule has 5 rings (SSSR count). The quantitative estimate of drug-likeness (QED) is 0.324. The van der Waals surface area contributed by atoms with Crippen LogP contribution in [-0.2, 0) is 4.79 Å². The molecule has 0 bridgehead atoms. The molecule has 0 saturated carbocycles. The van der Waals surface area contributed by atoms with Gasteiger partial charge in [0.2, 0.25) is 0 Å². The SMILES string of the molecule is CC(=O)O.CN(C[C@@H](CCN1CC(N2CCSCC2)C1)c1ccc(Cl)c(Cl)c1)C(=O)c1cc(C#N)cc2ccccc12. The summed E-state index contributed by atoms with van der Waals surface area (Å²) < 4.78 is 0. The number of nitriles is 1. The summed E-state index contributed by atoms with van der Waals surface area (Å²) in [6.45, 7) is 7.22. The zero-order valence-electron chi connectivity index (χ0n) is 23.9. The molecule has 2 heterocycles. The number of likely N-dealkylation sites (N-methyl/N-ethyl adjacent to an activating group) is 1. The minimum absolute atomic E-state index is 0.0876. The van der Waals surface area contributed by atoms with Gasteiger partial charge in [0.1, 0.15) is 0 Å². The summed E-state index contributed by atoms with van der Waals surface area (Å²) in [7, 11) is 1.84. The fourth-order valence-corrected chi connectivity index (χ4v) is 6.78. The lowest BCUT2D eigenvalue weighted by Gasteiger charge is -2.47. The Morgan fingerprint density at radius 1 is 1.10 bits per heavy atom. The molecule has 2 aliphatic heterocycles. The van der Waals surface area contributed by atoms with Crippen LogP contribution in [-0.4, -0.2) is 95.5 Å². The largest absolute Gasteiger partial charge is 0.481 e. The van der Waals surface area contributed by atoms with Crippen molar-refractivity contribution < 1.29 is 14.7 Å². The molecule has 0 radical (unpaired) electrons. The minimum atomic E-state index is -0.833. The molecule has 0 spiro atoms. The number of thioether (sulfide) groups is 1. The summed E-state index contributed by atoms with van der Waals surface area (Å²) in [5.41, 5.74) is 2.13. The zero-order chi connectivity index (χ0) is 30.2. The third-order valence-electron chi connectivity index (χ3n) is 7.77. The number of fused-ring (bicyclic) bond motifs is 1. The van der Waals surface area contributed by atoms with Gasteiger partial charge in [0.25, 0.3) is 11.9 Å². The van der Waals surface area contributed by atoms with Gasteiger partial charge in [0.05, 0.1) is 21.7 Å². The molecule has 42 heavy (non-hydrogen) atoms. The van der Waals surface area contributed by atoms with Crippen molar-refractivity contribution in [1.82, 2.24) is 14.7 Å². The van der Waals surface area contributed by atoms with Crippen LogP contribution in [0.2, 0.25) is 10.0 Å². The third-order valence-corrected chi connectivity index (χ3v) is 9.45. The number of hydrogen-bond acceptors (Lipinski definition) is 6. The first-order chi connectivity index (χ1) is 20.2. The van der Waals surface area contributed by atoms with Crippen molar-refractivity contribution in [2.24, 2.45) is 0 Å². The maximum absolute atomic E-state index is 13.7. The summed E-state index contributed by atoms with van der Waals surface area (Å²) in [6, 6.07) is 19.9. The molecule has 2 fully saturated rings. The van der Waals surface area contributed by atoms with Gasteiger partial charge in [0, 0.05) is 75.7 Å². The summed E-state index contributed by atoms with van der Waals surface area (Å²) in [6.07, 6.45) is 0.914. The van der Waals surface area contributed by atoms with Gasteiger partial charge in [-0.25, -0.2) is 0 Å². The molecule has 7 nitrogen and oxygen atoms in total. The second-order valence-electron chi connectivity index (χ2n) is 10.8. The molecule has 0 aliphatic carbocycles. The Labute approximate surface area is 262 Å². The van der Waals surface area contributed by atoms with Crippen LogP contribution < -0.4 is 0 Å². The standard InChI is InChI=1S/C30H32Cl2N4OS.C2H4O2/c1-34(30(37)27-15-21(17-33)14-23-4-2-3-5-26(23)27)18-24(22-6-7-28(31)29(32)16-22)8-9-35-19-25(20-35)36-10-12-38-13-11-36;1-2(3)4/h2-7,14-16,24-25H,8-13,18-20H2,1H3;1H3,(H,3,4)/t24-;/m1./s1. The van der Waals surface area contributed by atoms with E-state index in [9.17, 15) is 10.1 Å². The third kappa shape index (κ3) is 8.40. The van der Waals surface area contributed by atoms with E-state index in [1.165, 1.54) is 24.6 Å². The number of carbonyl (C=O) groups is 2. The molecule has 3 aromatic rings. The number of carbonyl (C=O) groups excluding carboxylic acids is 1. The molecule has 2 aliphatic rings. The highest BCUT2D eigenvalue weighted by atomic mass is 35.5. The number of carboxylic acids is 1. The molecule has 222 valence electrons. The van der Waals surface area contributed by atoms with Gasteiger partial charge in [-0.15, -0.1) is 0 Å². The number of aliphatic carboxylic acids is 1. The lowest BCUT2D eigenvalue weighted by molar-refractivity contribution is -0.134. The van der Waals surface area contributed by atoms with Crippen molar-refractivity contribution in [2.45, 2.75) is 25.3 Å². The van der Waals surface area contributed by atoms with Crippen LogP contribution in [0.1, 0.15) is 40.7 Å². The summed E-state index contributed by atoms with van der Waals surface area (Å²) in [4.78, 5) is 29.6. The highest BCUT2D eigenvalue weighted by molar-refractivity contribution is 7.99. The molecule has 1 N–H and O–H groups in total. The van der Waals surface area contributed by atoms with E-state index in [2.05, 4.69) is 27.6 Å². The van der Waals surface area contributed by atoms with E-state index in [1.807, 2.05) is 55.6 Å². The number of benzene rings is 3. The van der Waals surface area contributed by atoms with Crippen molar-refractivity contribution in [1.29, 1.82) is 5.26 Å². The second kappa shape index (κ2) is 15.1. The number of halogens is 2. The Hall–Kier alpha value is -2.80. The Morgan fingerprint density at radius 3 is 2.45 bits per heavy atom. The molecule has 1 atom stereocenters. The van der Waals surface area contributed by atoms with E-state index in [1.54, 1.807) is 11.0 Å². The lowest BCUT2D eigenvalue weighted by Crippen LogP contribution is -2.61. The van der Waals surface area contributed by atoms with E-state index in [4.69, 9.17) is 33.1 Å². The molecule has 1 amide bonds. The van der Waals surface area contributed by atoms with Crippen molar-refractivity contribution in [3.8, 4) is 6.07 Å². The number of nitrogens with zero attached hydrogens (tertiary/aromatic N) is 4. The predicted molar refractivity (Wildman–Crippen MR) is 172 cm³/mol. The zero-order valence-corrected chi connectivity index (χ0v) is 26.3. The van der Waals surface area contributed by atoms with Crippen LogP contribution in [0.5, 0.6) is 0 Å². The van der Waals surface area contributed by atoms with Gasteiger partial charge < -0.3 is 14.9 Å². The fourth-order valence-electron chi connectivity index (χ4n) is 5.54. The highest BCUT2D eigenvalue weighted by Gasteiger charge is 2.32. The van der Waals surface area contributed by atoms with E-state index < -0.39 is 5.97 Å². The van der Waals surface area contributed by atoms with Gasteiger partial charge >= 0.3 is 0 Å². The molecular weight excluding hydrogens is 591 g/mol. The van der Waals surface area contributed by atoms with Gasteiger partial charge in [0.15, 0.2) is 0 Å². The van der Waals surface area contributed by atoms with Crippen LogP contribution in [0.25, 0.3) is 10.8 Å². The summed E-state index contributed by atoms with van der Waals surface area (Å²) >= 11 is 14.7. The van der Waals surface area contributed by atoms with Crippen LogP contribution in [0, 0.1) is 11.3 Å². The van der Waals surface area contributed by atoms with Gasteiger partial charge in [-0.3, -0.25) is 14.5 Å². The van der Waals surface area contributed by atoms with Crippen LogP contribution in [0.15, 0.2) is 54.6 Å². The van der Waals surface area contributed by atoms with E-state index in [0.29, 0.717) is 33.8 Å². The van der Waals surface area contributed by atoms with Crippen LogP contribution in [0.4, 0.5) is 0 Å². The van der Waals surface area contributed by atoms with Crippen LogP contribution >= 0.6 is 35.0 Å². The number of hydrogen-bond donors (Lipinski definition) is 1. The minimum Gasteiger partial charge on any atom is -0.481 e. The second-order valence-corrected chi connectivity index (χ2v) is 12.8. The lowest BCUT2D eigenvalue weighted by atomic mass is 9.93. The topological polar surface area (TPSA) is 87.9 Å². The molecular formula is C32H36Cl2N4O3S.